The number of nitrogens with zero attached hydrogens (tertiary/aromatic N) is 2. The molecule has 1 aromatic carbocycles. The number of hydrogen-bond acceptors (Lipinski definition) is 3. The van der Waals surface area contributed by atoms with Crippen molar-refractivity contribution in [3.63, 3.8) is 0 Å². The molecule has 1 aliphatic heterocycles. The van der Waals surface area contributed by atoms with Crippen molar-refractivity contribution in [1.82, 2.24) is 10.3 Å². The van der Waals surface area contributed by atoms with Gasteiger partial charge in [-0.3, -0.25) is 0 Å². The highest BCUT2D eigenvalue weighted by atomic mass is 32.1. The maximum absolute atomic E-state index is 5.42. The second-order valence-corrected chi connectivity index (χ2v) is 7.28. The lowest BCUT2D eigenvalue weighted by Gasteiger charge is -2.30. The molecule has 130 valence electrons. The number of hydrogen-bond donors (Lipinski definition) is 2. The van der Waals surface area contributed by atoms with Crippen molar-refractivity contribution >= 4 is 34.5 Å². The molecule has 0 spiro atoms. The van der Waals surface area contributed by atoms with Gasteiger partial charge in [0.1, 0.15) is 5.82 Å². The van der Waals surface area contributed by atoms with Gasteiger partial charge in [0.2, 0.25) is 0 Å². The molecule has 0 radical (unpaired) electrons. The molecule has 1 aromatic heterocycles. The molecule has 1 saturated carbocycles. The van der Waals surface area contributed by atoms with Crippen LogP contribution in [0.4, 0.5) is 17.2 Å². The molecule has 2 N–H and O–H groups in total. The molecule has 5 heteroatoms. The van der Waals surface area contributed by atoms with Gasteiger partial charge in [0.05, 0.1) is 11.9 Å². The molecule has 2 aromatic rings. The number of aromatic nitrogens is 1. The lowest BCUT2D eigenvalue weighted by molar-refractivity contribution is 0.634. The Balaban J connectivity index is 1.43. The predicted octanol–water partition coefficient (Wildman–Crippen LogP) is 4.39. The third-order valence-corrected chi connectivity index (χ3v) is 5.30. The van der Waals surface area contributed by atoms with Crippen LogP contribution >= 0.6 is 12.2 Å². The van der Waals surface area contributed by atoms with Crippen molar-refractivity contribution < 1.29 is 0 Å². The minimum Gasteiger partial charge on any atom is -0.360 e. The van der Waals surface area contributed by atoms with Crippen molar-refractivity contribution in [3.05, 3.63) is 48.2 Å². The quantitative estimate of drug-likeness (QED) is 0.802. The number of fused-ring (bicyclic) bond motifs is 1. The van der Waals surface area contributed by atoms with Crippen LogP contribution in [0.1, 0.15) is 37.7 Å². The van der Waals surface area contributed by atoms with Crippen LogP contribution in [-0.4, -0.2) is 22.7 Å². The standard InChI is InChI=1S/C20H24N4S/c25-20(22-16-8-2-3-9-16)23-17-11-12-19(21-14-17)24-13-5-7-15-6-1-4-10-18(15)24/h1,4,6,10-12,14,16H,2-3,5,7-9,13H2,(H2,22,23,25). The topological polar surface area (TPSA) is 40.2 Å². The smallest absolute Gasteiger partial charge is 0.171 e. The van der Waals surface area contributed by atoms with Crippen molar-refractivity contribution in [2.75, 3.05) is 16.8 Å². The summed E-state index contributed by atoms with van der Waals surface area (Å²) >= 11 is 5.42. The van der Waals surface area contributed by atoms with E-state index in [1.54, 1.807) is 0 Å². The van der Waals surface area contributed by atoms with E-state index in [1.807, 2.05) is 6.20 Å². The first kappa shape index (κ1) is 16.3. The van der Waals surface area contributed by atoms with Gasteiger partial charge >= 0.3 is 0 Å². The number of thiocarbonyl (C=S) groups is 1. The Labute approximate surface area is 154 Å². The fourth-order valence-corrected chi connectivity index (χ4v) is 4.10. The summed E-state index contributed by atoms with van der Waals surface area (Å²) in [5.74, 6) is 0.993. The molecular weight excluding hydrogens is 328 g/mol. The Morgan fingerprint density at radius 1 is 1.08 bits per heavy atom. The van der Waals surface area contributed by atoms with Gasteiger partial charge in [-0.25, -0.2) is 4.98 Å². The minimum atomic E-state index is 0.525. The third kappa shape index (κ3) is 3.76. The van der Waals surface area contributed by atoms with E-state index in [0.29, 0.717) is 11.2 Å². The Morgan fingerprint density at radius 2 is 1.92 bits per heavy atom. The van der Waals surface area contributed by atoms with E-state index in [2.05, 4.69) is 56.9 Å². The van der Waals surface area contributed by atoms with Crippen LogP contribution in [0.3, 0.4) is 0 Å². The van der Waals surface area contributed by atoms with E-state index in [0.717, 1.165) is 30.9 Å². The maximum atomic E-state index is 5.42. The van der Waals surface area contributed by atoms with Crippen molar-refractivity contribution in [2.45, 2.75) is 44.6 Å². The third-order valence-electron chi connectivity index (χ3n) is 5.08. The monoisotopic (exact) mass is 352 g/mol. The van der Waals surface area contributed by atoms with Crippen LogP contribution in [0.5, 0.6) is 0 Å². The number of benzene rings is 1. The molecule has 2 heterocycles. The lowest BCUT2D eigenvalue weighted by atomic mass is 10.0. The molecule has 0 amide bonds. The summed E-state index contributed by atoms with van der Waals surface area (Å²) in [6, 6.07) is 13.3. The molecule has 0 saturated heterocycles. The largest absolute Gasteiger partial charge is 0.360 e. The Bertz CT molecular complexity index is 738. The summed E-state index contributed by atoms with van der Waals surface area (Å²) in [6.45, 7) is 1.01. The maximum Gasteiger partial charge on any atom is 0.171 e. The van der Waals surface area contributed by atoms with Crippen LogP contribution in [-0.2, 0) is 6.42 Å². The first-order valence-corrected chi connectivity index (χ1v) is 9.59. The zero-order valence-electron chi connectivity index (χ0n) is 14.4. The first-order chi connectivity index (χ1) is 12.3. The molecule has 1 fully saturated rings. The molecule has 0 bridgehead atoms. The van der Waals surface area contributed by atoms with E-state index < -0.39 is 0 Å². The van der Waals surface area contributed by atoms with E-state index in [1.165, 1.54) is 36.9 Å². The number of rotatable bonds is 3. The van der Waals surface area contributed by atoms with Gasteiger partial charge in [0, 0.05) is 18.3 Å². The van der Waals surface area contributed by atoms with Crippen molar-refractivity contribution in [3.8, 4) is 0 Å². The highest BCUT2D eigenvalue weighted by Crippen LogP contribution is 2.32. The summed E-state index contributed by atoms with van der Waals surface area (Å²) in [5, 5.41) is 7.36. The number of nitrogens with one attached hydrogen (secondary N) is 2. The van der Waals surface area contributed by atoms with Crippen LogP contribution < -0.4 is 15.5 Å². The van der Waals surface area contributed by atoms with E-state index in [4.69, 9.17) is 12.2 Å². The molecule has 4 rings (SSSR count). The summed E-state index contributed by atoms with van der Waals surface area (Å²) in [6.07, 6.45) is 9.21. The van der Waals surface area contributed by atoms with E-state index >= 15 is 0 Å². The molecule has 0 atom stereocenters. The van der Waals surface area contributed by atoms with Crippen LogP contribution in [0.25, 0.3) is 0 Å². The SMILES string of the molecule is S=C(Nc1ccc(N2CCCc3ccccc32)nc1)NC1CCCC1. The number of aryl methyl sites for hydroxylation is 1. The van der Waals surface area contributed by atoms with Crippen molar-refractivity contribution in [1.29, 1.82) is 0 Å². The number of anilines is 3. The highest BCUT2D eigenvalue weighted by Gasteiger charge is 2.19. The second-order valence-electron chi connectivity index (χ2n) is 6.87. The minimum absolute atomic E-state index is 0.525. The Hall–Kier alpha value is -2.14. The summed E-state index contributed by atoms with van der Waals surface area (Å²) in [7, 11) is 0. The fraction of sp³-hybridized carbons (Fsp3) is 0.400. The zero-order valence-corrected chi connectivity index (χ0v) is 15.2. The normalized spacial score (nSPS) is 17.2. The van der Waals surface area contributed by atoms with Gasteiger partial charge in [-0.15, -0.1) is 0 Å². The molecular formula is C20H24N4S. The second kappa shape index (κ2) is 7.40. The molecule has 4 nitrogen and oxygen atoms in total. The average Bonchev–Trinajstić information content (AvgIpc) is 3.15. The average molecular weight is 353 g/mol. The number of pyridine rings is 1. The molecule has 2 aliphatic rings. The van der Waals surface area contributed by atoms with Crippen LogP contribution in [0.15, 0.2) is 42.6 Å². The summed E-state index contributed by atoms with van der Waals surface area (Å²) < 4.78 is 0. The predicted molar refractivity (Wildman–Crippen MR) is 108 cm³/mol. The highest BCUT2D eigenvalue weighted by molar-refractivity contribution is 7.80. The Kier molecular flexibility index (Phi) is 4.83. The van der Waals surface area contributed by atoms with Crippen LogP contribution in [0.2, 0.25) is 0 Å². The molecule has 25 heavy (non-hydrogen) atoms. The van der Waals surface area contributed by atoms with Gasteiger partial charge in [0.25, 0.3) is 0 Å². The summed E-state index contributed by atoms with van der Waals surface area (Å²) in [4.78, 5) is 6.97. The van der Waals surface area contributed by atoms with Gasteiger partial charge in [-0.2, -0.15) is 0 Å². The zero-order chi connectivity index (χ0) is 17.1. The van der Waals surface area contributed by atoms with Crippen LogP contribution in [0, 0.1) is 0 Å². The Morgan fingerprint density at radius 3 is 2.72 bits per heavy atom. The van der Waals surface area contributed by atoms with Gasteiger partial charge < -0.3 is 15.5 Å². The molecule has 1 aliphatic carbocycles. The van der Waals surface area contributed by atoms with E-state index in [-0.39, 0.29) is 0 Å². The summed E-state index contributed by atoms with van der Waals surface area (Å²) in [5.41, 5.74) is 3.62. The number of para-hydroxylation sites is 1. The lowest BCUT2D eigenvalue weighted by Crippen LogP contribution is -2.35. The van der Waals surface area contributed by atoms with Gasteiger partial charge in [-0.1, -0.05) is 31.0 Å². The van der Waals surface area contributed by atoms with Gasteiger partial charge in [-0.05, 0) is 61.7 Å². The molecule has 0 unspecified atom stereocenters. The van der Waals surface area contributed by atoms with Crippen molar-refractivity contribution in [2.24, 2.45) is 0 Å². The van der Waals surface area contributed by atoms with E-state index in [9.17, 15) is 0 Å². The van der Waals surface area contributed by atoms with Gasteiger partial charge in [0.15, 0.2) is 5.11 Å². The first-order valence-electron chi connectivity index (χ1n) is 9.18. The fourth-order valence-electron chi connectivity index (χ4n) is 3.81.